The lowest BCUT2D eigenvalue weighted by Gasteiger charge is -2.31. The van der Waals surface area contributed by atoms with Crippen LogP contribution in [0.2, 0.25) is 0 Å². The van der Waals surface area contributed by atoms with Crippen LogP contribution < -0.4 is 4.90 Å². The molecule has 6 nitrogen and oxygen atoms in total. The maximum atomic E-state index is 4.96. The number of imidazole rings is 1. The molecule has 5 rings (SSSR count). The summed E-state index contributed by atoms with van der Waals surface area (Å²) in [5.74, 6) is 1.26. The predicted molar refractivity (Wildman–Crippen MR) is 121 cm³/mol. The fourth-order valence-corrected chi connectivity index (χ4v) is 5.04. The zero-order chi connectivity index (χ0) is 20.5. The number of likely N-dealkylation sites (N-methyl/N-ethyl adjacent to an activating group) is 1. The van der Waals surface area contributed by atoms with E-state index in [1.165, 1.54) is 42.9 Å². The molecule has 4 heterocycles. The first kappa shape index (κ1) is 19.5. The molecule has 1 aliphatic carbocycles. The molecule has 1 atom stereocenters. The number of hydrogen-bond donors (Lipinski definition) is 0. The van der Waals surface area contributed by atoms with Crippen LogP contribution in [-0.4, -0.2) is 64.4 Å². The van der Waals surface area contributed by atoms with Crippen molar-refractivity contribution in [1.29, 1.82) is 0 Å². The fraction of sp³-hybridized carbons (Fsp3) is 0.500. The van der Waals surface area contributed by atoms with Crippen LogP contribution in [0.25, 0.3) is 5.65 Å². The van der Waals surface area contributed by atoms with Gasteiger partial charge in [0.2, 0.25) is 0 Å². The third-order valence-electron chi connectivity index (χ3n) is 6.67. The smallest absolute Gasteiger partial charge is 0.138 e. The maximum absolute atomic E-state index is 4.96. The Labute approximate surface area is 179 Å². The number of nitrogens with zero attached hydrogens (tertiary/aromatic N) is 6. The van der Waals surface area contributed by atoms with Gasteiger partial charge in [-0.1, -0.05) is 12.1 Å². The minimum absolute atomic E-state index is 0.375. The van der Waals surface area contributed by atoms with E-state index >= 15 is 0 Å². The van der Waals surface area contributed by atoms with Gasteiger partial charge in [-0.3, -0.25) is 14.3 Å². The first-order chi connectivity index (χ1) is 14.7. The molecule has 158 valence electrons. The zero-order valence-corrected chi connectivity index (χ0v) is 18.2. The molecule has 0 spiro atoms. The summed E-state index contributed by atoms with van der Waals surface area (Å²) in [5.41, 5.74) is 4.82. The molecule has 1 saturated heterocycles. The summed E-state index contributed by atoms with van der Waals surface area (Å²) in [6, 6.07) is 11.2. The molecular weight excluding hydrogens is 372 g/mol. The lowest BCUT2D eigenvalue weighted by atomic mass is 9.91. The van der Waals surface area contributed by atoms with Crippen molar-refractivity contribution in [2.45, 2.75) is 38.3 Å². The van der Waals surface area contributed by atoms with Crippen molar-refractivity contribution in [3.8, 4) is 0 Å². The first-order valence-electron chi connectivity index (χ1n) is 11.2. The number of rotatable bonds is 4. The highest BCUT2D eigenvalue weighted by Gasteiger charge is 2.25. The molecule has 0 bridgehead atoms. The SMILES string of the molecule is CN1CCCN(c2cccc3nc(CN(C)[C@H]4CCCc5cccnc54)cn23)CC1. The molecule has 2 aliphatic rings. The number of aromatic nitrogens is 3. The summed E-state index contributed by atoms with van der Waals surface area (Å²) in [4.78, 5) is 17.0. The summed E-state index contributed by atoms with van der Waals surface area (Å²) < 4.78 is 2.28. The van der Waals surface area contributed by atoms with E-state index in [2.05, 4.69) is 69.7 Å². The molecule has 3 aromatic heterocycles. The first-order valence-corrected chi connectivity index (χ1v) is 11.2. The van der Waals surface area contributed by atoms with Crippen LogP contribution in [0, 0.1) is 0 Å². The topological polar surface area (TPSA) is 39.9 Å². The molecule has 0 amide bonds. The monoisotopic (exact) mass is 404 g/mol. The summed E-state index contributed by atoms with van der Waals surface area (Å²) in [6.45, 7) is 5.28. The predicted octanol–water partition coefficient (Wildman–Crippen LogP) is 3.38. The maximum Gasteiger partial charge on any atom is 0.138 e. The minimum atomic E-state index is 0.375. The fourth-order valence-electron chi connectivity index (χ4n) is 5.04. The summed E-state index contributed by atoms with van der Waals surface area (Å²) >= 11 is 0. The Kier molecular flexibility index (Phi) is 5.44. The molecular formula is C24H32N6. The van der Waals surface area contributed by atoms with E-state index in [-0.39, 0.29) is 0 Å². The largest absolute Gasteiger partial charge is 0.356 e. The van der Waals surface area contributed by atoms with E-state index in [0.29, 0.717) is 6.04 Å². The molecule has 1 fully saturated rings. The lowest BCUT2D eigenvalue weighted by molar-refractivity contribution is 0.206. The molecule has 0 radical (unpaired) electrons. The third kappa shape index (κ3) is 3.82. The second-order valence-electron chi connectivity index (χ2n) is 8.86. The van der Waals surface area contributed by atoms with Gasteiger partial charge in [0, 0.05) is 38.6 Å². The Morgan fingerprint density at radius 2 is 2.00 bits per heavy atom. The van der Waals surface area contributed by atoms with Crippen molar-refractivity contribution in [3.63, 3.8) is 0 Å². The van der Waals surface area contributed by atoms with E-state index in [4.69, 9.17) is 9.97 Å². The van der Waals surface area contributed by atoms with E-state index in [1.807, 2.05) is 6.20 Å². The Hall–Kier alpha value is -2.44. The molecule has 3 aromatic rings. The Morgan fingerprint density at radius 1 is 1.07 bits per heavy atom. The van der Waals surface area contributed by atoms with Crippen molar-refractivity contribution in [1.82, 2.24) is 24.2 Å². The zero-order valence-electron chi connectivity index (χ0n) is 18.2. The number of hydrogen-bond acceptors (Lipinski definition) is 5. The third-order valence-corrected chi connectivity index (χ3v) is 6.67. The van der Waals surface area contributed by atoms with Crippen LogP contribution in [0.1, 0.15) is 42.3 Å². The van der Waals surface area contributed by atoms with Crippen molar-refractivity contribution < 1.29 is 0 Å². The molecule has 1 aliphatic heterocycles. The van der Waals surface area contributed by atoms with Gasteiger partial charge in [-0.2, -0.15) is 0 Å². The van der Waals surface area contributed by atoms with Gasteiger partial charge in [0.15, 0.2) is 0 Å². The molecule has 0 N–H and O–H groups in total. The van der Waals surface area contributed by atoms with Gasteiger partial charge in [0.05, 0.1) is 17.4 Å². The number of fused-ring (bicyclic) bond motifs is 2. The van der Waals surface area contributed by atoms with Crippen LogP contribution in [-0.2, 0) is 13.0 Å². The van der Waals surface area contributed by atoms with Gasteiger partial charge in [-0.25, -0.2) is 4.98 Å². The van der Waals surface area contributed by atoms with E-state index in [1.54, 1.807) is 0 Å². The minimum Gasteiger partial charge on any atom is -0.356 e. The molecule has 0 aromatic carbocycles. The average Bonchev–Trinajstić information content (AvgIpc) is 3.05. The van der Waals surface area contributed by atoms with Crippen molar-refractivity contribution in [2.24, 2.45) is 0 Å². The summed E-state index contributed by atoms with van der Waals surface area (Å²) in [5, 5.41) is 0. The Morgan fingerprint density at radius 3 is 2.93 bits per heavy atom. The van der Waals surface area contributed by atoms with Gasteiger partial charge in [0.1, 0.15) is 11.5 Å². The van der Waals surface area contributed by atoms with E-state index in [9.17, 15) is 0 Å². The van der Waals surface area contributed by atoms with Gasteiger partial charge in [-0.15, -0.1) is 0 Å². The second kappa shape index (κ2) is 8.36. The summed E-state index contributed by atoms with van der Waals surface area (Å²) in [7, 11) is 4.43. The quantitative estimate of drug-likeness (QED) is 0.667. The van der Waals surface area contributed by atoms with Crippen molar-refractivity contribution in [2.75, 3.05) is 45.2 Å². The van der Waals surface area contributed by atoms with Crippen LogP contribution >= 0.6 is 0 Å². The van der Waals surface area contributed by atoms with Crippen LogP contribution in [0.3, 0.4) is 0 Å². The standard InChI is InChI=1S/C24H32N6/c1-27-13-6-14-29(16-15-27)23-11-4-10-22-26-20(18-30(22)23)17-28(2)21-9-3-7-19-8-5-12-25-24(19)21/h4-5,8,10-12,18,21H,3,6-7,9,13-17H2,1-2H3/t21-/m0/s1. The van der Waals surface area contributed by atoms with Crippen LogP contribution in [0.4, 0.5) is 5.82 Å². The number of pyridine rings is 2. The second-order valence-corrected chi connectivity index (χ2v) is 8.86. The summed E-state index contributed by atoms with van der Waals surface area (Å²) in [6.07, 6.45) is 8.91. The molecule has 30 heavy (non-hydrogen) atoms. The van der Waals surface area contributed by atoms with Gasteiger partial charge in [0.25, 0.3) is 0 Å². The highest BCUT2D eigenvalue weighted by molar-refractivity contribution is 5.52. The Bertz CT molecular complexity index is 1010. The highest BCUT2D eigenvalue weighted by Crippen LogP contribution is 2.32. The van der Waals surface area contributed by atoms with Crippen LogP contribution in [0.5, 0.6) is 0 Å². The van der Waals surface area contributed by atoms with Gasteiger partial charge < -0.3 is 9.80 Å². The average molecular weight is 405 g/mol. The van der Waals surface area contributed by atoms with Crippen LogP contribution in [0.15, 0.2) is 42.7 Å². The van der Waals surface area contributed by atoms with Crippen molar-refractivity contribution in [3.05, 3.63) is 59.7 Å². The van der Waals surface area contributed by atoms with Crippen molar-refractivity contribution >= 4 is 11.5 Å². The lowest BCUT2D eigenvalue weighted by Crippen LogP contribution is -2.30. The van der Waals surface area contributed by atoms with E-state index < -0.39 is 0 Å². The van der Waals surface area contributed by atoms with E-state index in [0.717, 1.165) is 43.9 Å². The molecule has 0 saturated carbocycles. The van der Waals surface area contributed by atoms with Gasteiger partial charge >= 0.3 is 0 Å². The highest BCUT2D eigenvalue weighted by atomic mass is 15.3. The number of aryl methyl sites for hydroxylation is 1. The number of anilines is 1. The Balaban J connectivity index is 1.38. The molecule has 6 heteroatoms. The molecule has 0 unspecified atom stereocenters. The normalized spacial score (nSPS) is 20.5. The van der Waals surface area contributed by atoms with Gasteiger partial charge in [-0.05, 0) is 70.1 Å².